The monoisotopic (exact) mass is 397 g/mol. The zero-order valence-electron chi connectivity index (χ0n) is 13.8. The van der Waals surface area contributed by atoms with Crippen molar-refractivity contribution < 1.29 is 9.72 Å². The molecule has 1 amide bonds. The van der Waals surface area contributed by atoms with E-state index in [1.165, 1.54) is 29.5 Å². The molecule has 0 radical (unpaired) electrons. The summed E-state index contributed by atoms with van der Waals surface area (Å²) < 4.78 is 2.60. The molecular formula is C19H12ClN3O3S. The van der Waals surface area contributed by atoms with E-state index >= 15 is 0 Å². The summed E-state index contributed by atoms with van der Waals surface area (Å²) in [5, 5.41) is 11.2. The Bertz CT molecular complexity index is 1170. The van der Waals surface area contributed by atoms with E-state index in [9.17, 15) is 14.9 Å². The summed E-state index contributed by atoms with van der Waals surface area (Å²) in [4.78, 5) is 27.0. The second-order valence-electron chi connectivity index (χ2n) is 5.39. The van der Waals surface area contributed by atoms with Crippen molar-refractivity contribution in [3.05, 3.63) is 74.0 Å². The van der Waals surface area contributed by atoms with E-state index in [-0.39, 0.29) is 12.2 Å². The molecule has 134 valence electrons. The van der Waals surface area contributed by atoms with Crippen molar-refractivity contribution in [1.82, 2.24) is 4.57 Å². The van der Waals surface area contributed by atoms with Gasteiger partial charge in [0, 0.05) is 18.2 Å². The minimum absolute atomic E-state index is 0.0133. The van der Waals surface area contributed by atoms with Crippen molar-refractivity contribution in [3.8, 4) is 12.3 Å². The van der Waals surface area contributed by atoms with Gasteiger partial charge in [0.2, 0.25) is 0 Å². The van der Waals surface area contributed by atoms with Crippen LogP contribution in [-0.4, -0.2) is 15.4 Å². The summed E-state index contributed by atoms with van der Waals surface area (Å²) in [6.45, 7) is 0.238. The molecule has 2 aromatic carbocycles. The summed E-state index contributed by atoms with van der Waals surface area (Å²) >= 11 is 7.57. The standard InChI is InChI=1S/C19H12ClN3O3S/c1-2-12-22-18-15(20)4-3-5-16(18)27-19(22)21-17(24)11-8-13-6-9-14(10-7-13)23(25)26/h1,3-11H,12H2. The van der Waals surface area contributed by atoms with Gasteiger partial charge in [0.25, 0.3) is 11.6 Å². The number of rotatable bonds is 4. The van der Waals surface area contributed by atoms with Crippen LogP contribution >= 0.6 is 22.9 Å². The number of terminal acetylenes is 1. The Labute approximate surface area is 163 Å². The minimum Gasteiger partial charge on any atom is -0.303 e. The van der Waals surface area contributed by atoms with Gasteiger partial charge in [0.05, 0.1) is 26.7 Å². The number of carbonyl (C=O) groups excluding carboxylic acids is 1. The number of para-hydroxylation sites is 1. The van der Waals surface area contributed by atoms with Gasteiger partial charge in [0.1, 0.15) is 0 Å². The number of non-ortho nitro benzene ring substituents is 1. The number of nitrogens with zero attached hydrogens (tertiary/aromatic N) is 3. The molecule has 8 heteroatoms. The van der Waals surface area contributed by atoms with Crippen LogP contribution in [0, 0.1) is 22.5 Å². The van der Waals surface area contributed by atoms with E-state index < -0.39 is 10.8 Å². The predicted octanol–water partition coefficient (Wildman–Crippen LogP) is 4.04. The Kier molecular flexibility index (Phi) is 5.50. The van der Waals surface area contributed by atoms with E-state index in [0.717, 1.165) is 10.2 Å². The van der Waals surface area contributed by atoms with E-state index in [0.29, 0.717) is 15.4 Å². The fraction of sp³-hybridized carbons (Fsp3) is 0.0526. The maximum Gasteiger partial charge on any atom is 0.272 e. The van der Waals surface area contributed by atoms with Gasteiger partial charge >= 0.3 is 0 Å². The molecule has 0 N–H and O–H groups in total. The zero-order valence-corrected chi connectivity index (χ0v) is 15.4. The highest BCUT2D eigenvalue weighted by atomic mass is 35.5. The van der Waals surface area contributed by atoms with Gasteiger partial charge in [-0.3, -0.25) is 14.9 Å². The number of nitro groups is 1. The molecule has 1 aromatic heterocycles. The highest BCUT2D eigenvalue weighted by Crippen LogP contribution is 2.25. The van der Waals surface area contributed by atoms with E-state index in [2.05, 4.69) is 10.9 Å². The van der Waals surface area contributed by atoms with E-state index in [1.54, 1.807) is 28.8 Å². The lowest BCUT2D eigenvalue weighted by Gasteiger charge is -2.00. The average molecular weight is 398 g/mol. The molecule has 0 unspecified atom stereocenters. The number of fused-ring (bicyclic) bond motifs is 1. The van der Waals surface area contributed by atoms with Crippen LogP contribution in [0.2, 0.25) is 5.02 Å². The fourth-order valence-electron chi connectivity index (χ4n) is 2.42. The zero-order chi connectivity index (χ0) is 19.4. The first kappa shape index (κ1) is 18.6. The largest absolute Gasteiger partial charge is 0.303 e. The molecule has 0 aliphatic heterocycles. The van der Waals surface area contributed by atoms with E-state index in [4.69, 9.17) is 18.0 Å². The third-order valence-electron chi connectivity index (χ3n) is 3.63. The van der Waals surface area contributed by atoms with Gasteiger partial charge in [-0.2, -0.15) is 4.99 Å². The first-order chi connectivity index (χ1) is 13.0. The molecule has 0 atom stereocenters. The molecule has 27 heavy (non-hydrogen) atoms. The second kappa shape index (κ2) is 7.99. The lowest BCUT2D eigenvalue weighted by molar-refractivity contribution is -0.384. The molecule has 0 aliphatic rings. The quantitative estimate of drug-likeness (QED) is 0.288. The van der Waals surface area contributed by atoms with Crippen molar-refractivity contribution in [1.29, 1.82) is 0 Å². The lowest BCUT2D eigenvalue weighted by atomic mass is 10.2. The maximum atomic E-state index is 12.2. The van der Waals surface area contributed by atoms with Gasteiger partial charge < -0.3 is 4.57 Å². The van der Waals surface area contributed by atoms with Crippen LogP contribution < -0.4 is 4.80 Å². The number of amides is 1. The van der Waals surface area contributed by atoms with Gasteiger partial charge in [-0.1, -0.05) is 34.9 Å². The Morgan fingerprint density at radius 1 is 1.33 bits per heavy atom. The number of carbonyl (C=O) groups is 1. The molecule has 6 nitrogen and oxygen atoms in total. The topological polar surface area (TPSA) is 77.5 Å². The van der Waals surface area contributed by atoms with Crippen LogP contribution in [0.1, 0.15) is 5.56 Å². The third kappa shape index (κ3) is 4.14. The SMILES string of the molecule is C#CCn1c(=NC(=O)C=Cc2ccc([N+](=O)[O-])cc2)sc2cccc(Cl)c21. The van der Waals surface area contributed by atoms with Gasteiger partial charge in [-0.15, -0.1) is 6.42 Å². The Morgan fingerprint density at radius 2 is 2.07 bits per heavy atom. The molecule has 0 saturated heterocycles. The van der Waals surface area contributed by atoms with Crippen molar-refractivity contribution in [2.75, 3.05) is 0 Å². The lowest BCUT2D eigenvalue weighted by Crippen LogP contribution is -2.16. The molecular weight excluding hydrogens is 386 g/mol. The van der Waals surface area contributed by atoms with Crippen molar-refractivity contribution in [2.45, 2.75) is 6.54 Å². The van der Waals surface area contributed by atoms with Crippen LogP contribution in [0.25, 0.3) is 16.3 Å². The van der Waals surface area contributed by atoms with Crippen molar-refractivity contribution in [2.24, 2.45) is 4.99 Å². The number of halogens is 1. The van der Waals surface area contributed by atoms with Gasteiger partial charge in [-0.05, 0) is 35.9 Å². The number of benzene rings is 2. The van der Waals surface area contributed by atoms with Gasteiger partial charge in [0.15, 0.2) is 4.80 Å². The molecule has 0 saturated carbocycles. The van der Waals surface area contributed by atoms with Crippen LogP contribution in [0.3, 0.4) is 0 Å². The number of nitro benzene ring substituents is 1. The summed E-state index contributed by atoms with van der Waals surface area (Å²) in [5.74, 6) is 2.07. The Hall–Kier alpha value is -3.21. The third-order valence-corrected chi connectivity index (χ3v) is 4.98. The smallest absolute Gasteiger partial charge is 0.272 e. The number of thiazole rings is 1. The molecule has 3 aromatic rings. The van der Waals surface area contributed by atoms with Crippen molar-refractivity contribution >= 4 is 50.8 Å². The van der Waals surface area contributed by atoms with Crippen molar-refractivity contribution in [3.63, 3.8) is 0 Å². The van der Waals surface area contributed by atoms with Crippen LogP contribution in [-0.2, 0) is 11.3 Å². The summed E-state index contributed by atoms with van der Waals surface area (Å²) in [7, 11) is 0. The summed E-state index contributed by atoms with van der Waals surface area (Å²) in [6.07, 6.45) is 8.27. The molecule has 0 aliphatic carbocycles. The minimum atomic E-state index is -0.481. The maximum absolute atomic E-state index is 12.2. The molecule has 3 rings (SSSR count). The summed E-state index contributed by atoms with van der Waals surface area (Å²) in [5.41, 5.74) is 1.38. The fourth-order valence-corrected chi connectivity index (χ4v) is 3.81. The second-order valence-corrected chi connectivity index (χ2v) is 6.81. The highest BCUT2D eigenvalue weighted by molar-refractivity contribution is 7.16. The molecule has 0 bridgehead atoms. The first-order valence-electron chi connectivity index (χ1n) is 7.72. The normalized spacial score (nSPS) is 11.8. The van der Waals surface area contributed by atoms with Crippen LogP contribution in [0.4, 0.5) is 5.69 Å². The van der Waals surface area contributed by atoms with Gasteiger partial charge in [-0.25, -0.2) is 0 Å². The summed E-state index contributed by atoms with van der Waals surface area (Å²) in [6, 6.07) is 11.3. The number of aromatic nitrogens is 1. The highest BCUT2D eigenvalue weighted by Gasteiger charge is 2.09. The Balaban J connectivity index is 1.93. The Morgan fingerprint density at radius 3 is 2.74 bits per heavy atom. The number of hydrogen-bond donors (Lipinski definition) is 0. The van der Waals surface area contributed by atoms with Crippen LogP contribution in [0.5, 0.6) is 0 Å². The molecule has 0 fully saturated rings. The molecule has 1 heterocycles. The first-order valence-corrected chi connectivity index (χ1v) is 8.91. The average Bonchev–Trinajstić information content (AvgIpc) is 2.99. The van der Waals surface area contributed by atoms with E-state index in [1.807, 2.05) is 12.1 Å². The number of hydrogen-bond acceptors (Lipinski definition) is 4. The van der Waals surface area contributed by atoms with Crippen LogP contribution in [0.15, 0.2) is 53.5 Å². The molecule has 0 spiro atoms. The predicted molar refractivity (Wildman–Crippen MR) is 106 cm³/mol.